The predicted molar refractivity (Wildman–Crippen MR) is 127 cm³/mol. The van der Waals surface area contributed by atoms with Gasteiger partial charge in [0.05, 0.1) is 12.2 Å². The van der Waals surface area contributed by atoms with Crippen molar-refractivity contribution in [1.29, 1.82) is 0 Å². The van der Waals surface area contributed by atoms with Crippen LogP contribution in [-0.2, 0) is 23.8 Å². The highest BCUT2D eigenvalue weighted by atomic mass is 16.6. The molecule has 1 N–H and O–H groups in total. The van der Waals surface area contributed by atoms with Crippen LogP contribution in [0.4, 0.5) is 4.79 Å². The average Bonchev–Trinajstić information content (AvgIpc) is 2.75. The monoisotopic (exact) mass is 476 g/mol. The number of esters is 2. The van der Waals surface area contributed by atoms with E-state index in [1.807, 2.05) is 0 Å². The molecule has 2 amide bonds. The number of hydrogen-bond acceptors (Lipinski definition) is 7. The van der Waals surface area contributed by atoms with Crippen molar-refractivity contribution in [3.05, 3.63) is 48.6 Å². The van der Waals surface area contributed by atoms with Crippen molar-refractivity contribution in [2.75, 3.05) is 13.7 Å². The van der Waals surface area contributed by atoms with Gasteiger partial charge in [-0.05, 0) is 51.8 Å². The summed E-state index contributed by atoms with van der Waals surface area (Å²) in [5.41, 5.74) is -0.481. The second kappa shape index (κ2) is 12.8. The Morgan fingerprint density at radius 2 is 1.71 bits per heavy atom. The molecule has 0 aliphatic carbocycles. The van der Waals surface area contributed by atoms with Gasteiger partial charge in [-0.15, -0.1) is 0 Å². The lowest BCUT2D eigenvalue weighted by molar-refractivity contribution is -0.158. The molecular formula is C25H36N2O7. The largest absolute Gasteiger partial charge is 0.464 e. The molecule has 0 radical (unpaired) electrons. The number of alkyl carbamates (subject to hydrolysis) is 1. The molecule has 9 nitrogen and oxygen atoms in total. The third-order valence-corrected chi connectivity index (χ3v) is 4.69. The summed E-state index contributed by atoms with van der Waals surface area (Å²) in [6.45, 7) is 13.9. The number of benzene rings is 1. The first-order chi connectivity index (χ1) is 15.8. The topological polar surface area (TPSA) is 111 Å². The molecule has 0 aliphatic rings. The van der Waals surface area contributed by atoms with E-state index in [-0.39, 0.29) is 18.1 Å². The minimum absolute atomic E-state index is 0.0532. The van der Waals surface area contributed by atoms with Gasteiger partial charge in [0.25, 0.3) is 0 Å². The van der Waals surface area contributed by atoms with Crippen LogP contribution in [0.2, 0.25) is 0 Å². The maximum absolute atomic E-state index is 13.4. The molecule has 0 fully saturated rings. The van der Waals surface area contributed by atoms with Crippen molar-refractivity contribution in [2.45, 2.75) is 65.3 Å². The maximum atomic E-state index is 13.4. The van der Waals surface area contributed by atoms with Crippen LogP contribution in [0.1, 0.15) is 51.9 Å². The number of amides is 2. The van der Waals surface area contributed by atoms with Crippen LogP contribution in [0.15, 0.2) is 43.0 Å². The zero-order valence-electron chi connectivity index (χ0n) is 21.0. The van der Waals surface area contributed by atoms with Gasteiger partial charge in [-0.3, -0.25) is 4.79 Å². The third-order valence-electron chi connectivity index (χ3n) is 4.69. The van der Waals surface area contributed by atoms with Gasteiger partial charge in [-0.1, -0.05) is 38.6 Å². The molecule has 3 atom stereocenters. The lowest BCUT2D eigenvalue weighted by atomic mass is 10.0. The van der Waals surface area contributed by atoms with Crippen LogP contribution in [0, 0.1) is 5.92 Å². The Balaban J connectivity index is 3.20. The second-order valence-corrected chi connectivity index (χ2v) is 8.99. The first-order valence-electron chi connectivity index (χ1n) is 11.1. The van der Waals surface area contributed by atoms with Gasteiger partial charge < -0.3 is 24.4 Å². The molecule has 0 spiro atoms. The molecule has 0 bridgehead atoms. The average molecular weight is 477 g/mol. The molecule has 1 aromatic carbocycles. The molecule has 0 aliphatic heterocycles. The molecule has 0 heterocycles. The molecule has 1 rings (SSSR count). The van der Waals surface area contributed by atoms with Crippen molar-refractivity contribution >= 4 is 23.9 Å². The fraction of sp³-hybridized carbons (Fsp3) is 0.520. The summed E-state index contributed by atoms with van der Waals surface area (Å²) in [6.07, 6.45) is -0.704. The van der Waals surface area contributed by atoms with E-state index in [0.29, 0.717) is 0 Å². The van der Waals surface area contributed by atoms with Gasteiger partial charge in [0.1, 0.15) is 11.6 Å². The first-order valence-corrected chi connectivity index (χ1v) is 11.1. The van der Waals surface area contributed by atoms with Crippen molar-refractivity contribution in [1.82, 2.24) is 10.2 Å². The van der Waals surface area contributed by atoms with E-state index in [2.05, 4.69) is 11.9 Å². The Bertz CT molecular complexity index is 862. The quantitative estimate of drug-likeness (QED) is 0.313. The lowest BCUT2D eigenvalue weighted by Crippen LogP contribution is -2.58. The van der Waals surface area contributed by atoms with E-state index in [0.717, 1.165) is 4.90 Å². The molecule has 188 valence electrons. The second-order valence-electron chi connectivity index (χ2n) is 8.99. The van der Waals surface area contributed by atoms with Crippen LogP contribution in [0.5, 0.6) is 0 Å². The van der Waals surface area contributed by atoms with Gasteiger partial charge in [0.15, 0.2) is 12.1 Å². The fourth-order valence-electron chi connectivity index (χ4n) is 3.05. The SMILES string of the molecule is C=CC(OC(=O)c1ccccc1)C(C(=O)OCC)N(C)C(=O)[C@@H](NC(=O)OC(C)(C)C)C(C)C. The van der Waals surface area contributed by atoms with E-state index in [1.165, 1.54) is 13.1 Å². The Hall–Kier alpha value is -3.36. The zero-order chi connectivity index (χ0) is 26.1. The standard InChI is InChI=1S/C25H36N2O7/c1-9-18(33-22(29)17-14-12-11-13-15-17)20(23(30)32-10-2)27(8)21(28)19(16(3)4)26-24(31)34-25(5,6)7/h9,11-16,18-20H,1,10H2,2-8H3,(H,26,31)/t18?,19-,20?/m0/s1. The summed E-state index contributed by atoms with van der Waals surface area (Å²) in [5.74, 6) is -2.38. The van der Waals surface area contributed by atoms with E-state index in [1.54, 1.807) is 71.9 Å². The third kappa shape index (κ3) is 8.53. The normalized spacial score (nSPS) is 13.8. The van der Waals surface area contributed by atoms with Crippen LogP contribution >= 0.6 is 0 Å². The van der Waals surface area contributed by atoms with Gasteiger partial charge in [-0.2, -0.15) is 0 Å². The molecular weight excluding hydrogens is 440 g/mol. The van der Waals surface area contributed by atoms with Gasteiger partial charge in [0.2, 0.25) is 5.91 Å². The van der Waals surface area contributed by atoms with Crippen molar-refractivity contribution < 1.29 is 33.4 Å². The Morgan fingerprint density at radius 1 is 1.12 bits per heavy atom. The summed E-state index contributed by atoms with van der Waals surface area (Å²) in [7, 11) is 1.38. The number of nitrogens with zero attached hydrogens (tertiary/aromatic N) is 1. The number of hydrogen-bond donors (Lipinski definition) is 1. The van der Waals surface area contributed by atoms with E-state index < -0.39 is 47.7 Å². The highest BCUT2D eigenvalue weighted by Gasteiger charge is 2.40. The van der Waals surface area contributed by atoms with Gasteiger partial charge in [0, 0.05) is 7.05 Å². The summed E-state index contributed by atoms with van der Waals surface area (Å²) < 4.78 is 15.9. The smallest absolute Gasteiger partial charge is 0.408 e. The number of likely N-dealkylation sites (N-methyl/N-ethyl adjacent to an activating group) is 1. The molecule has 34 heavy (non-hydrogen) atoms. The highest BCUT2D eigenvalue weighted by molar-refractivity contribution is 5.92. The molecule has 0 aromatic heterocycles. The minimum atomic E-state index is -1.32. The predicted octanol–water partition coefficient (Wildman–Crippen LogP) is 3.34. The summed E-state index contributed by atoms with van der Waals surface area (Å²) in [5, 5.41) is 2.56. The van der Waals surface area contributed by atoms with Gasteiger partial charge >= 0.3 is 18.0 Å². The van der Waals surface area contributed by atoms with Gasteiger partial charge in [-0.25, -0.2) is 14.4 Å². The molecule has 2 unspecified atom stereocenters. The Kier molecular flexibility index (Phi) is 10.8. The molecule has 1 aromatic rings. The summed E-state index contributed by atoms with van der Waals surface area (Å²) in [6, 6.07) is 5.90. The summed E-state index contributed by atoms with van der Waals surface area (Å²) in [4.78, 5) is 52.3. The highest BCUT2D eigenvalue weighted by Crippen LogP contribution is 2.17. The van der Waals surface area contributed by atoms with Crippen molar-refractivity contribution in [3.63, 3.8) is 0 Å². The molecule has 0 saturated heterocycles. The van der Waals surface area contributed by atoms with Crippen LogP contribution in [-0.4, -0.2) is 66.3 Å². The Labute approximate surface area is 201 Å². The van der Waals surface area contributed by atoms with E-state index in [4.69, 9.17) is 14.2 Å². The fourth-order valence-corrected chi connectivity index (χ4v) is 3.05. The number of carbonyl (C=O) groups excluding carboxylic acids is 4. The molecule has 0 saturated carbocycles. The van der Waals surface area contributed by atoms with E-state index >= 15 is 0 Å². The van der Waals surface area contributed by atoms with Crippen molar-refractivity contribution in [2.24, 2.45) is 5.92 Å². The first kappa shape index (κ1) is 28.7. The lowest BCUT2D eigenvalue weighted by Gasteiger charge is -2.34. The number of carbonyl (C=O) groups is 4. The zero-order valence-corrected chi connectivity index (χ0v) is 21.0. The Morgan fingerprint density at radius 3 is 2.18 bits per heavy atom. The van der Waals surface area contributed by atoms with Crippen molar-refractivity contribution in [3.8, 4) is 0 Å². The number of rotatable bonds is 10. The maximum Gasteiger partial charge on any atom is 0.408 e. The van der Waals surface area contributed by atoms with E-state index in [9.17, 15) is 19.2 Å². The minimum Gasteiger partial charge on any atom is -0.464 e. The van der Waals surface area contributed by atoms with Crippen LogP contribution < -0.4 is 5.32 Å². The number of nitrogens with one attached hydrogen (secondary N) is 1. The molecule has 9 heteroatoms. The number of ether oxygens (including phenoxy) is 3. The van der Waals surface area contributed by atoms with Crippen LogP contribution in [0.3, 0.4) is 0 Å². The summed E-state index contributed by atoms with van der Waals surface area (Å²) >= 11 is 0. The van der Waals surface area contributed by atoms with Crippen LogP contribution in [0.25, 0.3) is 0 Å².